The van der Waals surface area contributed by atoms with Crippen LogP contribution < -0.4 is 11.3 Å². The van der Waals surface area contributed by atoms with Crippen molar-refractivity contribution in [2.24, 2.45) is 34.9 Å². The molecule has 0 amide bonds. The van der Waals surface area contributed by atoms with Crippen molar-refractivity contribution < 1.29 is 0 Å². The van der Waals surface area contributed by atoms with E-state index in [1.165, 1.54) is 44.9 Å². The zero-order valence-corrected chi connectivity index (χ0v) is 13.4. The highest BCUT2D eigenvalue weighted by molar-refractivity contribution is 4.90. The van der Waals surface area contributed by atoms with Crippen LogP contribution >= 0.6 is 0 Å². The summed E-state index contributed by atoms with van der Waals surface area (Å²) in [6.07, 6.45) is 9.62. The van der Waals surface area contributed by atoms with E-state index in [1.54, 1.807) is 0 Å². The van der Waals surface area contributed by atoms with Gasteiger partial charge in [0.05, 0.1) is 0 Å². The van der Waals surface area contributed by atoms with E-state index in [9.17, 15) is 0 Å². The van der Waals surface area contributed by atoms with Crippen molar-refractivity contribution in [2.45, 2.75) is 78.7 Å². The van der Waals surface area contributed by atoms with Gasteiger partial charge >= 0.3 is 0 Å². The highest BCUT2D eigenvalue weighted by atomic mass is 15.2. The average molecular weight is 266 g/mol. The second-order valence-corrected chi connectivity index (χ2v) is 8.37. The van der Waals surface area contributed by atoms with Gasteiger partial charge in [0.1, 0.15) is 0 Å². The van der Waals surface area contributed by atoms with Gasteiger partial charge in [-0.05, 0) is 74.0 Å². The minimum atomic E-state index is 0.557. The molecule has 0 radical (unpaired) electrons. The fourth-order valence-corrected chi connectivity index (χ4v) is 4.74. The van der Waals surface area contributed by atoms with Gasteiger partial charge in [0.15, 0.2) is 0 Å². The summed E-state index contributed by atoms with van der Waals surface area (Å²) in [4.78, 5) is 0. The second-order valence-electron chi connectivity index (χ2n) is 8.37. The van der Waals surface area contributed by atoms with E-state index in [4.69, 9.17) is 5.84 Å². The van der Waals surface area contributed by atoms with Gasteiger partial charge in [0.2, 0.25) is 0 Å². The molecule has 3 atom stereocenters. The van der Waals surface area contributed by atoms with E-state index in [2.05, 4.69) is 33.1 Å². The van der Waals surface area contributed by atoms with Crippen molar-refractivity contribution in [3.8, 4) is 0 Å². The van der Waals surface area contributed by atoms with E-state index in [0.29, 0.717) is 11.5 Å². The largest absolute Gasteiger partial charge is 0.271 e. The quantitative estimate of drug-likeness (QED) is 0.596. The Hall–Kier alpha value is -0.0800. The Morgan fingerprint density at radius 2 is 1.47 bits per heavy atom. The molecule has 0 aromatic rings. The molecular weight excluding hydrogens is 232 g/mol. The summed E-state index contributed by atoms with van der Waals surface area (Å²) in [6, 6.07) is 0.557. The van der Waals surface area contributed by atoms with E-state index >= 15 is 0 Å². The number of hydrazine groups is 1. The Morgan fingerprint density at radius 3 is 1.95 bits per heavy atom. The van der Waals surface area contributed by atoms with Gasteiger partial charge in [-0.3, -0.25) is 11.3 Å². The first kappa shape index (κ1) is 15.3. The Bertz CT molecular complexity index is 267. The van der Waals surface area contributed by atoms with Crippen molar-refractivity contribution in [3.63, 3.8) is 0 Å². The lowest BCUT2D eigenvalue weighted by Gasteiger charge is -2.43. The molecule has 19 heavy (non-hydrogen) atoms. The molecule has 0 aromatic carbocycles. The molecular formula is C17H34N2. The van der Waals surface area contributed by atoms with Crippen LogP contribution in [0.15, 0.2) is 0 Å². The first-order chi connectivity index (χ1) is 8.91. The topological polar surface area (TPSA) is 38.0 Å². The number of nitrogens with one attached hydrogen (secondary N) is 1. The highest BCUT2D eigenvalue weighted by Gasteiger charge is 2.37. The van der Waals surface area contributed by atoms with Crippen LogP contribution in [0.25, 0.3) is 0 Å². The molecule has 2 saturated carbocycles. The summed E-state index contributed by atoms with van der Waals surface area (Å²) in [7, 11) is 0. The van der Waals surface area contributed by atoms with Gasteiger partial charge < -0.3 is 0 Å². The lowest BCUT2D eigenvalue weighted by Crippen LogP contribution is -2.49. The van der Waals surface area contributed by atoms with Crippen LogP contribution in [-0.4, -0.2) is 6.04 Å². The third-order valence-corrected chi connectivity index (χ3v) is 5.81. The monoisotopic (exact) mass is 266 g/mol. The minimum Gasteiger partial charge on any atom is -0.271 e. The SMILES string of the molecule is CC1CC(C)CC(C(NN)C2CCC(C)(C)CC2)C1. The molecule has 0 saturated heterocycles. The maximum Gasteiger partial charge on any atom is 0.0267 e. The summed E-state index contributed by atoms with van der Waals surface area (Å²) >= 11 is 0. The number of hydrogen-bond acceptors (Lipinski definition) is 2. The van der Waals surface area contributed by atoms with Gasteiger partial charge in [-0.15, -0.1) is 0 Å². The molecule has 0 heterocycles. The van der Waals surface area contributed by atoms with Crippen LogP contribution in [-0.2, 0) is 0 Å². The molecule has 2 fully saturated rings. The minimum absolute atomic E-state index is 0.557. The maximum atomic E-state index is 5.94. The molecule has 2 aliphatic carbocycles. The van der Waals surface area contributed by atoms with Crippen LogP contribution in [0.5, 0.6) is 0 Å². The predicted octanol–water partition coefficient (Wildman–Crippen LogP) is 4.11. The molecule has 2 aliphatic rings. The standard InChI is InChI=1S/C17H34N2/c1-12-9-13(2)11-15(10-12)16(19-18)14-5-7-17(3,4)8-6-14/h12-16,19H,5-11,18H2,1-4H3. The number of rotatable bonds is 3. The molecule has 112 valence electrons. The highest BCUT2D eigenvalue weighted by Crippen LogP contribution is 2.43. The summed E-state index contributed by atoms with van der Waals surface area (Å²) < 4.78 is 0. The lowest BCUT2D eigenvalue weighted by atomic mass is 9.65. The van der Waals surface area contributed by atoms with Crippen LogP contribution in [0.1, 0.15) is 72.6 Å². The van der Waals surface area contributed by atoms with Crippen LogP contribution in [0.2, 0.25) is 0 Å². The molecule has 2 nitrogen and oxygen atoms in total. The normalized spacial score (nSPS) is 38.1. The third kappa shape index (κ3) is 3.95. The fraction of sp³-hybridized carbons (Fsp3) is 1.00. The maximum absolute atomic E-state index is 5.94. The fourth-order valence-electron chi connectivity index (χ4n) is 4.74. The summed E-state index contributed by atoms with van der Waals surface area (Å²) in [5.74, 6) is 9.31. The molecule has 3 unspecified atom stereocenters. The zero-order chi connectivity index (χ0) is 14.0. The first-order valence-electron chi connectivity index (χ1n) is 8.37. The van der Waals surface area contributed by atoms with Gasteiger partial charge in [-0.1, -0.05) is 27.7 Å². The Kier molecular flexibility index (Phi) is 4.94. The van der Waals surface area contributed by atoms with E-state index in [-0.39, 0.29) is 0 Å². The lowest BCUT2D eigenvalue weighted by molar-refractivity contribution is 0.0970. The smallest absolute Gasteiger partial charge is 0.0267 e. The Balaban J connectivity index is 1.96. The molecule has 0 aliphatic heterocycles. The summed E-state index contributed by atoms with van der Waals surface area (Å²) in [5, 5.41) is 0. The van der Waals surface area contributed by atoms with Crippen molar-refractivity contribution in [2.75, 3.05) is 0 Å². The van der Waals surface area contributed by atoms with Crippen molar-refractivity contribution in [3.05, 3.63) is 0 Å². The van der Waals surface area contributed by atoms with E-state index < -0.39 is 0 Å². The summed E-state index contributed by atoms with van der Waals surface area (Å²) in [6.45, 7) is 9.66. The van der Waals surface area contributed by atoms with Gasteiger partial charge in [0.25, 0.3) is 0 Å². The molecule has 3 N–H and O–H groups in total. The van der Waals surface area contributed by atoms with Crippen molar-refractivity contribution in [1.82, 2.24) is 5.43 Å². The number of nitrogens with two attached hydrogens (primary N) is 1. The first-order valence-corrected chi connectivity index (χ1v) is 8.37. The Morgan fingerprint density at radius 1 is 0.947 bits per heavy atom. The molecule has 2 heteroatoms. The Labute approximate surface area is 119 Å². The van der Waals surface area contributed by atoms with Crippen LogP contribution in [0.4, 0.5) is 0 Å². The molecule has 0 spiro atoms. The van der Waals surface area contributed by atoms with E-state index in [1.807, 2.05) is 0 Å². The van der Waals surface area contributed by atoms with Gasteiger partial charge in [-0.25, -0.2) is 0 Å². The summed E-state index contributed by atoms with van der Waals surface area (Å²) in [5.41, 5.74) is 3.77. The average Bonchev–Trinajstić information content (AvgIpc) is 2.31. The van der Waals surface area contributed by atoms with E-state index in [0.717, 1.165) is 23.7 Å². The predicted molar refractivity (Wildman–Crippen MR) is 82.5 cm³/mol. The number of hydrogen-bond donors (Lipinski definition) is 2. The van der Waals surface area contributed by atoms with Crippen molar-refractivity contribution in [1.29, 1.82) is 0 Å². The molecule has 0 aromatic heterocycles. The molecule has 0 bridgehead atoms. The van der Waals surface area contributed by atoms with Gasteiger partial charge in [0, 0.05) is 6.04 Å². The van der Waals surface area contributed by atoms with Crippen LogP contribution in [0, 0.1) is 29.1 Å². The van der Waals surface area contributed by atoms with Crippen molar-refractivity contribution >= 4 is 0 Å². The second kappa shape index (κ2) is 6.13. The third-order valence-electron chi connectivity index (χ3n) is 5.81. The van der Waals surface area contributed by atoms with Crippen LogP contribution in [0.3, 0.4) is 0 Å². The molecule has 2 rings (SSSR count). The zero-order valence-electron chi connectivity index (χ0n) is 13.4. The van der Waals surface area contributed by atoms with Gasteiger partial charge in [-0.2, -0.15) is 0 Å².